The normalized spacial score (nSPS) is 13.6. The molecule has 0 saturated carbocycles. The van der Waals surface area contributed by atoms with Gasteiger partial charge in [-0.3, -0.25) is 14.5 Å². The Bertz CT molecular complexity index is 1160. The fourth-order valence-electron chi connectivity index (χ4n) is 3.52. The number of anilines is 3. The monoisotopic (exact) mass is 397 g/mol. The maximum Gasteiger partial charge on any atom is 0.261 e. The highest BCUT2D eigenvalue weighted by Gasteiger charge is 2.32. The van der Waals surface area contributed by atoms with Crippen LogP contribution in [0.5, 0.6) is 0 Å². The van der Waals surface area contributed by atoms with E-state index in [4.69, 9.17) is 11.6 Å². The molecule has 3 aromatic rings. The van der Waals surface area contributed by atoms with E-state index in [-0.39, 0.29) is 24.0 Å². The molecular formula is C21H17ClFN3O2. The molecule has 5 nitrogen and oxygen atoms in total. The lowest BCUT2D eigenvalue weighted by atomic mass is 10.0. The summed E-state index contributed by atoms with van der Waals surface area (Å²) in [5.41, 5.74) is 3.61. The summed E-state index contributed by atoms with van der Waals surface area (Å²) < 4.78 is 13.6. The van der Waals surface area contributed by atoms with Gasteiger partial charge in [-0.25, -0.2) is 4.39 Å². The van der Waals surface area contributed by atoms with E-state index in [2.05, 4.69) is 4.98 Å². The van der Waals surface area contributed by atoms with Crippen LogP contribution >= 0.6 is 11.6 Å². The Hall–Kier alpha value is -3.12. The molecule has 2 aromatic carbocycles. The summed E-state index contributed by atoms with van der Waals surface area (Å²) in [6, 6.07) is 12.7. The van der Waals surface area contributed by atoms with Gasteiger partial charge in [0.15, 0.2) is 0 Å². The highest BCUT2D eigenvalue weighted by Crippen LogP contribution is 2.38. The fourth-order valence-corrected chi connectivity index (χ4v) is 3.69. The van der Waals surface area contributed by atoms with Crippen molar-refractivity contribution in [2.24, 2.45) is 0 Å². The van der Waals surface area contributed by atoms with E-state index in [0.29, 0.717) is 27.7 Å². The van der Waals surface area contributed by atoms with Crippen molar-refractivity contribution >= 4 is 34.6 Å². The second kappa shape index (κ2) is 6.80. The minimum absolute atomic E-state index is 0.215. The molecule has 28 heavy (non-hydrogen) atoms. The number of aromatic nitrogens is 1. The molecule has 1 N–H and O–H groups in total. The summed E-state index contributed by atoms with van der Waals surface area (Å²) in [7, 11) is 0. The third-order valence-electron chi connectivity index (χ3n) is 4.84. The third kappa shape index (κ3) is 3.05. The van der Waals surface area contributed by atoms with Crippen molar-refractivity contribution in [3.63, 3.8) is 0 Å². The van der Waals surface area contributed by atoms with E-state index in [9.17, 15) is 14.0 Å². The zero-order chi connectivity index (χ0) is 20.0. The molecule has 0 bridgehead atoms. The lowest BCUT2D eigenvalue weighted by Crippen LogP contribution is -2.45. The first-order chi connectivity index (χ1) is 13.3. The number of aromatic amines is 1. The number of H-pyrrole nitrogens is 1. The number of pyridine rings is 1. The summed E-state index contributed by atoms with van der Waals surface area (Å²) in [4.78, 5) is 31.0. The number of hydrogen-bond acceptors (Lipinski definition) is 3. The molecule has 0 atom stereocenters. The number of nitrogens with zero attached hydrogens (tertiary/aromatic N) is 2. The second-order valence-electron chi connectivity index (χ2n) is 6.73. The number of rotatable bonds is 2. The van der Waals surface area contributed by atoms with Gasteiger partial charge < -0.3 is 9.88 Å². The van der Waals surface area contributed by atoms with E-state index in [1.807, 2.05) is 11.8 Å². The lowest BCUT2D eigenvalue weighted by molar-refractivity contribution is 0.0983. The first-order valence-corrected chi connectivity index (χ1v) is 9.08. The average Bonchev–Trinajstić information content (AvgIpc) is 2.64. The molecule has 4 rings (SSSR count). The Morgan fingerprint density at radius 1 is 0.929 bits per heavy atom. The molecule has 1 aromatic heterocycles. The lowest BCUT2D eigenvalue weighted by Gasteiger charge is -2.39. The zero-order valence-electron chi connectivity index (χ0n) is 15.3. The topological polar surface area (TPSA) is 56.4 Å². The van der Waals surface area contributed by atoms with Crippen LogP contribution in [0.1, 0.15) is 21.6 Å². The smallest absolute Gasteiger partial charge is 0.261 e. The maximum atomic E-state index is 13.6. The predicted octanol–water partition coefficient (Wildman–Crippen LogP) is 4.54. The molecule has 1 aliphatic heterocycles. The van der Waals surface area contributed by atoms with Gasteiger partial charge in [0.05, 0.1) is 16.9 Å². The number of carbonyl (C=O) groups excluding carboxylic acids is 1. The van der Waals surface area contributed by atoms with E-state index in [1.54, 1.807) is 42.2 Å². The number of benzene rings is 2. The first-order valence-electron chi connectivity index (χ1n) is 8.70. The summed E-state index contributed by atoms with van der Waals surface area (Å²) in [5, 5.41) is 0.447. The number of fused-ring (bicyclic) bond motifs is 1. The van der Waals surface area contributed by atoms with Crippen LogP contribution in [0.25, 0.3) is 0 Å². The van der Waals surface area contributed by atoms with Crippen LogP contribution in [0, 0.1) is 19.7 Å². The van der Waals surface area contributed by atoms with Crippen molar-refractivity contribution in [1.82, 2.24) is 4.98 Å². The van der Waals surface area contributed by atoms with Crippen molar-refractivity contribution in [3.8, 4) is 0 Å². The summed E-state index contributed by atoms with van der Waals surface area (Å²) in [6.45, 7) is 3.78. The Morgan fingerprint density at radius 2 is 1.64 bits per heavy atom. The number of amides is 1. The van der Waals surface area contributed by atoms with Crippen LogP contribution in [-0.2, 0) is 0 Å². The van der Waals surface area contributed by atoms with Crippen molar-refractivity contribution < 1.29 is 9.18 Å². The molecule has 0 spiro atoms. The van der Waals surface area contributed by atoms with Gasteiger partial charge in [-0.1, -0.05) is 11.6 Å². The van der Waals surface area contributed by atoms with Crippen LogP contribution in [-0.4, -0.2) is 17.6 Å². The number of aryl methyl sites for hydroxylation is 2. The third-order valence-corrected chi connectivity index (χ3v) is 5.07. The van der Waals surface area contributed by atoms with E-state index >= 15 is 0 Å². The number of hydrogen-bond donors (Lipinski definition) is 1. The van der Waals surface area contributed by atoms with E-state index < -0.39 is 0 Å². The van der Waals surface area contributed by atoms with Crippen LogP contribution in [0.2, 0.25) is 5.02 Å². The minimum atomic E-state index is -0.320. The van der Waals surface area contributed by atoms with E-state index in [1.165, 1.54) is 18.2 Å². The van der Waals surface area contributed by atoms with Gasteiger partial charge in [-0.05, 0) is 61.9 Å². The number of nitrogens with one attached hydrogen (secondary N) is 1. The average molecular weight is 398 g/mol. The van der Waals surface area contributed by atoms with Gasteiger partial charge in [-0.15, -0.1) is 0 Å². The molecule has 142 valence electrons. The molecule has 0 unspecified atom stereocenters. The molecule has 7 heteroatoms. The second-order valence-corrected chi connectivity index (χ2v) is 7.16. The van der Waals surface area contributed by atoms with Gasteiger partial charge in [-0.2, -0.15) is 0 Å². The first kappa shape index (κ1) is 18.3. The predicted molar refractivity (Wildman–Crippen MR) is 108 cm³/mol. The van der Waals surface area contributed by atoms with Crippen LogP contribution < -0.4 is 15.4 Å². The van der Waals surface area contributed by atoms with Crippen molar-refractivity contribution in [3.05, 3.63) is 86.5 Å². The van der Waals surface area contributed by atoms with Crippen LogP contribution in [0.4, 0.5) is 21.5 Å². The van der Waals surface area contributed by atoms with Crippen LogP contribution in [0.3, 0.4) is 0 Å². The Labute approximate surface area is 166 Å². The van der Waals surface area contributed by atoms with E-state index in [0.717, 1.165) is 11.3 Å². The molecule has 0 saturated heterocycles. The summed E-state index contributed by atoms with van der Waals surface area (Å²) in [6.07, 6.45) is 0. The molecule has 1 amide bonds. The molecule has 0 aliphatic carbocycles. The maximum absolute atomic E-state index is 13.6. The van der Waals surface area contributed by atoms with Gasteiger partial charge in [0, 0.05) is 22.5 Å². The number of carbonyl (C=O) groups is 1. The Morgan fingerprint density at radius 3 is 2.36 bits per heavy atom. The molecule has 2 heterocycles. The van der Waals surface area contributed by atoms with Crippen molar-refractivity contribution in [1.29, 1.82) is 0 Å². The quantitative estimate of drug-likeness (QED) is 0.690. The van der Waals surface area contributed by atoms with Gasteiger partial charge >= 0.3 is 0 Å². The molecule has 0 fully saturated rings. The number of halogens is 2. The molecular weight excluding hydrogens is 381 g/mol. The SMILES string of the molecule is Cc1cc(F)ccc1N1CN(c2ccc(=O)[nH]c2C)C(=O)c2cc(Cl)ccc21. The van der Waals surface area contributed by atoms with Crippen molar-refractivity contribution in [2.45, 2.75) is 13.8 Å². The highest BCUT2D eigenvalue weighted by molar-refractivity contribution is 6.31. The minimum Gasteiger partial charge on any atom is -0.324 e. The van der Waals surface area contributed by atoms with Crippen molar-refractivity contribution in [2.75, 3.05) is 16.5 Å². The molecule has 0 radical (unpaired) electrons. The Kier molecular flexibility index (Phi) is 4.43. The zero-order valence-corrected chi connectivity index (χ0v) is 16.0. The van der Waals surface area contributed by atoms with Gasteiger partial charge in [0.1, 0.15) is 12.5 Å². The highest BCUT2D eigenvalue weighted by atomic mass is 35.5. The Balaban J connectivity index is 1.90. The largest absolute Gasteiger partial charge is 0.324 e. The summed E-state index contributed by atoms with van der Waals surface area (Å²) in [5.74, 6) is -0.539. The fraction of sp³-hybridized carbons (Fsp3) is 0.143. The van der Waals surface area contributed by atoms with Gasteiger partial charge in [0.25, 0.3) is 5.91 Å². The molecule has 1 aliphatic rings. The summed E-state index contributed by atoms with van der Waals surface area (Å²) >= 11 is 6.15. The van der Waals surface area contributed by atoms with Gasteiger partial charge in [0.2, 0.25) is 5.56 Å². The van der Waals surface area contributed by atoms with Crippen LogP contribution in [0.15, 0.2) is 53.3 Å². The standard InChI is InChI=1S/C21H17ClFN3O2/c1-12-9-15(23)4-6-17(12)25-11-26(18-7-8-20(27)24-13(18)2)21(28)16-10-14(22)3-5-19(16)25/h3-10H,11H2,1-2H3,(H,24,27).